The Morgan fingerprint density at radius 2 is 0.792 bits per heavy atom. The molecule has 2 aliphatic rings. The third kappa shape index (κ3) is 6.97. The lowest BCUT2D eigenvalue weighted by atomic mass is 9.33. The molecule has 0 saturated heterocycles. The number of hydrogen-bond donors (Lipinski definition) is 0. The summed E-state index contributed by atoms with van der Waals surface area (Å²) in [5, 5.41) is 0. The highest BCUT2D eigenvalue weighted by atomic mass is 15.2. The van der Waals surface area contributed by atoms with Gasteiger partial charge in [-0.2, -0.15) is 0 Å². The van der Waals surface area contributed by atoms with E-state index in [9.17, 15) is 0 Å². The number of para-hydroxylation sites is 1. The van der Waals surface area contributed by atoms with E-state index >= 15 is 0 Å². The monoisotopic (exact) mass is 916 g/mol. The second-order valence-corrected chi connectivity index (χ2v) is 18.7. The van der Waals surface area contributed by atoms with Crippen molar-refractivity contribution in [3.05, 3.63) is 273 Å². The number of imidazole rings is 1. The fraction of sp³-hybridized carbons (Fsp3) is 0. The zero-order chi connectivity index (χ0) is 47.5. The fourth-order valence-electron chi connectivity index (χ4n) is 11.3. The number of aromatic nitrogens is 2. The van der Waals surface area contributed by atoms with Gasteiger partial charge in [-0.1, -0.05) is 212 Å². The zero-order valence-corrected chi connectivity index (χ0v) is 39.3. The normalized spacial score (nSPS) is 12.1. The lowest BCUT2D eigenvalue weighted by Gasteiger charge is -2.41. The molecule has 0 atom stereocenters. The molecule has 3 heterocycles. The first-order valence-electron chi connectivity index (χ1n) is 24.7. The molecule has 0 radical (unpaired) electrons. The van der Waals surface area contributed by atoms with Gasteiger partial charge in [-0.15, -0.1) is 0 Å². The highest BCUT2D eigenvalue weighted by Crippen LogP contribution is 2.47. The van der Waals surface area contributed by atoms with Crippen molar-refractivity contribution < 1.29 is 0 Å². The summed E-state index contributed by atoms with van der Waals surface area (Å²) in [5.74, 6) is 0.919. The number of fused-ring (bicyclic) bond motifs is 4. The minimum absolute atomic E-state index is 0.0785. The number of nitrogens with zero attached hydrogens (tertiary/aromatic N) is 4. The molecular formula is C67H45BN4. The Hall–Kier alpha value is -9.45. The maximum atomic E-state index is 5.52. The Morgan fingerprint density at radius 3 is 1.36 bits per heavy atom. The second-order valence-electron chi connectivity index (χ2n) is 18.7. The van der Waals surface area contributed by atoms with Crippen molar-refractivity contribution >= 4 is 68.3 Å². The van der Waals surface area contributed by atoms with Crippen molar-refractivity contribution in [3.63, 3.8) is 0 Å². The molecule has 0 fully saturated rings. The number of rotatable bonds is 9. The molecular weight excluding hydrogens is 872 g/mol. The Labute approximate surface area is 420 Å². The van der Waals surface area contributed by atoms with E-state index in [1.807, 2.05) is 0 Å². The summed E-state index contributed by atoms with van der Waals surface area (Å²) >= 11 is 0. The van der Waals surface area contributed by atoms with Gasteiger partial charge in [0, 0.05) is 39.7 Å². The average molecular weight is 917 g/mol. The molecule has 11 aromatic carbocycles. The molecule has 72 heavy (non-hydrogen) atoms. The van der Waals surface area contributed by atoms with E-state index < -0.39 is 0 Å². The van der Waals surface area contributed by atoms with Crippen LogP contribution in [0.15, 0.2) is 273 Å². The van der Waals surface area contributed by atoms with Crippen molar-refractivity contribution in [1.82, 2.24) is 9.55 Å². The van der Waals surface area contributed by atoms with Gasteiger partial charge < -0.3 is 9.80 Å². The summed E-state index contributed by atoms with van der Waals surface area (Å²) in [6.07, 6.45) is 0. The fourth-order valence-corrected chi connectivity index (χ4v) is 11.3. The Kier molecular flexibility index (Phi) is 9.92. The first-order chi connectivity index (χ1) is 35.7. The Bertz CT molecular complexity index is 3900. The summed E-state index contributed by atoms with van der Waals surface area (Å²) in [5.41, 5.74) is 23.9. The number of hydrogen-bond acceptors (Lipinski definition) is 3. The molecule has 1 aromatic heterocycles. The minimum atomic E-state index is -0.0785. The predicted molar refractivity (Wildman–Crippen MR) is 302 cm³/mol. The van der Waals surface area contributed by atoms with Gasteiger partial charge in [0.1, 0.15) is 5.82 Å². The van der Waals surface area contributed by atoms with E-state index in [1.165, 1.54) is 44.2 Å². The predicted octanol–water partition coefficient (Wildman–Crippen LogP) is 15.4. The topological polar surface area (TPSA) is 24.3 Å². The lowest BCUT2D eigenvalue weighted by molar-refractivity contribution is 1.10. The maximum Gasteiger partial charge on any atom is 0.252 e. The molecule has 14 rings (SSSR count). The summed E-state index contributed by atoms with van der Waals surface area (Å²) < 4.78 is 2.46. The minimum Gasteiger partial charge on any atom is -0.311 e. The van der Waals surface area contributed by atoms with Crippen molar-refractivity contribution in [2.24, 2.45) is 0 Å². The zero-order valence-electron chi connectivity index (χ0n) is 39.3. The quantitative estimate of drug-likeness (QED) is 0.135. The van der Waals surface area contributed by atoms with Gasteiger partial charge >= 0.3 is 0 Å². The van der Waals surface area contributed by atoms with Crippen LogP contribution in [0.5, 0.6) is 0 Å². The van der Waals surface area contributed by atoms with E-state index in [0.717, 1.165) is 78.9 Å². The van der Waals surface area contributed by atoms with E-state index in [1.54, 1.807) is 0 Å². The first kappa shape index (κ1) is 41.5. The van der Waals surface area contributed by atoms with Gasteiger partial charge in [-0.05, 0) is 122 Å². The highest BCUT2D eigenvalue weighted by molar-refractivity contribution is 7.00. The van der Waals surface area contributed by atoms with Crippen LogP contribution in [0.1, 0.15) is 0 Å². The number of anilines is 6. The molecule has 0 spiro atoms. The smallest absolute Gasteiger partial charge is 0.252 e. The van der Waals surface area contributed by atoms with Crippen LogP contribution < -0.4 is 26.2 Å². The lowest BCUT2D eigenvalue weighted by Crippen LogP contribution is -2.60. The summed E-state index contributed by atoms with van der Waals surface area (Å²) in [6, 6.07) is 99.3. The van der Waals surface area contributed by atoms with E-state index in [0.29, 0.717) is 0 Å². The van der Waals surface area contributed by atoms with Crippen LogP contribution in [0, 0.1) is 0 Å². The van der Waals surface area contributed by atoms with E-state index in [4.69, 9.17) is 4.98 Å². The van der Waals surface area contributed by atoms with Crippen LogP contribution in [-0.4, -0.2) is 16.3 Å². The van der Waals surface area contributed by atoms with Crippen molar-refractivity contribution in [2.75, 3.05) is 9.80 Å². The molecule has 4 nitrogen and oxygen atoms in total. The molecule has 0 saturated carbocycles. The van der Waals surface area contributed by atoms with Crippen LogP contribution in [0.2, 0.25) is 0 Å². The molecule has 0 unspecified atom stereocenters. The van der Waals surface area contributed by atoms with E-state index in [-0.39, 0.29) is 6.71 Å². The van der Waals surface area contributed by atoms with E-state index in [2.05, 4.69) is 287 Å². The van der Waals surface area contributed by atoms with Gasteiger partial charge in [0.25, 0.3) is 6.71 Å². The summed E-state index contributed by atoms with van der Waals surface area (Å²) in [4.78, 5) is 10.5. The molecule has 0 bridgehead atoms. The standard InChI is InChI=1S/C67H45BN4/c1-6-20-46(21-7-1)51-30-16-33-55(40-51)70(56-34-17-31-52(41-56)47-22-8-2-9-23-47)58-44-63-65-64(45-58)72-66-60(36-19-37-61(66)69-67(72)50-28-14-5-15-29-50)68(65)59-39-38-54(49-26-12-4-13-27-49)43-62(59)71(63)57-35-18-32-53(42-57)48-24-10-3-11-25-48/h1-45H. The number of benzene rings is 11. The largest absolute Gasteiger partial charge is 0.311 e. The molecule has 0 aliphatic carbocycles. The van der Waals surface area contributed by atoms with Crippen LogP contribution in [-0.2, 0) is 0 Å². The average Bonchev–Trinajstić information content (AvgIpc) is 3.86. The maximum absolute atomic E-state index is 5.52. The summed E-state index contributed by atoms with van der Waals surface area (Å²) in [6.45, 7) is -0.0785. The van der Waals surface area contributed by atoms with Crippen LogP contribution in [0.4, 0.5) is 34.1 Å². The third-order valence-electron chi connectivity index (χ3n) is 14.5. The SMILES string of the molecule is c1ccc(-c2cccc(N(c3cccc(-c4ccccc4)c3)c3cc4c5c(c3)-n3c(-c6ccccc6)nc6cccc(c63)B5c3ccc(-c5ccccc5)cc3N4c3cccc(-c4ccccc4)c3)c2)cc1. The Morgan fingerprint density at radius 1 is 0.319 bits per heavy atom. The molecule has 2 aliphatic heterocycles. The van der Waals surface area contributed by atoms with Gasteiger partial charge in [0.2, 0.25) is 0 Å². The molecule has 12 aromatic rings. The van der Waals surface area contributed by atoms with Crippen molar-refractivity contribution in [2.45, 2.75) is 0 Å². The second kappa shape index (κ2) is 17.2. The Balaban J connectivity index is 1.10. The highest BCUT2D eigenvalue weighted by Gasteiger charge is 2.43. The molecule has 0 amide bonds. The van der Waals surface area contributed by atoms with Crippen molar-refractivity contribution in [3.8, 4) is 61.6 Å². The van der Waals surface area contributed by atoms with Gasteiger partial charge in [-0.25, -0.2) is 4.98 Å². The molecule has 0 N–H and O–H groups in total. The van der Waals surface area contributed by atoms with Crippen LogP contribution in [0.3, 0.4) is 0 Å². The van der Waals surface area contributed by atoms with Crippen molar-refractivity contribution in [1.29, 1.82) is 0 Å². The van der Waals surface area contributed by atoms with Crippen LogP contribution in [0.25, 0.3) is 72.6 Å². The molecule has 336 valence electrons. The van der Waals surface area contributed by atoms with Crippen LogP contribution >= 0.6 is 0 Å². The third-order valence-corrected chi connectivity index (χ3v) is 14.5. The van der Waals surface area contributed by atoms with Gasteiger partial charge in [0.05, 0.1) is 16.7 Å². The van der Waals surface area contributed by atoms with Gasteiger partial charge in [-0.3, -0.25) is 4.57 Å². The van der Waals surface area contributed by atoms with Gasteiger partial charge in [0.15, 0.2) is 0 Å². The molecule has 5 heteroatoms. The first-order valence-corrected chi connectivity index (χ1v) is 24.7. The summed E-state index contributed by atoms with van der Waals surface area (Å²) in [7, 11) is 0.